The maximum absolute atomic E-state index is 11.3. The van der Waals surface area contributed by atoms with Crippen molar-refractivity contribution in [2.45, 2.75) is 0 Å². The molecule has 0 unspecified atom stereocenters. The lowest BCUT2D eigenvalue weighted by Gasteiger charge is -1.94. The molecule has 0 N–H and O–H groups in total. The molecule has 0 spiro atoms. The smallest absolute Gasteiger partial charge is 0.266 e. The summed E-state index contributed by atoms with van der Waals surface area (Å²) in [5.41, 5.74) is 0.665. The molecule has 1 aromatic rings. The normalized spacial score (nSPS) is 9.15. The number of amides is 1. The first-order valence-electron chi connectivity index (χ1n) is 3.59. The van der Waals surface area contributed by atoms with Crippen molar-refractivity contribution < 1.29 is 4.79 Å². The molecule has 0 fully saturated rings. The second-order valence-corrected chi connectivity index (χ2v) is 4.27. The average Bonchev–Trinajstić information content (AvgIpc) is 2.05. The summed E-state index contributed by atoms with van der Waals surface area (Å²) < 4.78 is 3.94. The van der Waals surface area contributed by atoms with Gasteiger partial charge in [-0.25, -0.2) is 0 Å². The Labute approximate surface area is 86.9 Å². The van der Waals surface area contributed by atoms with Gasteiger partial charge in [-0.3, -0.25) is 4.79 Å². The number of halogens is 1. The Morgan fingerprint density at radius 1 is 1.23 bits per heavy atom. The van der Waals surface area contributed by atoms with E-state index in [0.29, 0.717) is 5.56 Å². The third kappa shape index (κ3) is 4.20. The number of hydrogen-bond acceptors (Lipinski definition) is 1. The first-order chi connectivity index (χ1) is 5.70. The van der Waals surface area contributed by atoms with Gasteiger partial charge in [0.05, 0.1) is 0 Å². The molecule has 4 heteroatoms. The van der Waals surface area contributed by atoms with E-state index in [1.165, 1.54) is 0 Å². The zero-order valence-corrected chi connectivity index (χ0v) is 9.19. The van der Waals surface area contributed by atoms with Crippen molar-refractivity contribution in [1.29, 1.82) is 0 Å². The maximum Gasteiger partial charge on any atom is 0.282 e. The summed E-state index contributed by atoms with van der Waals surface area (Å²) in [4.78, 5) is 11.3. The number of carbonyl (C=O) groups excluding carboxylic acids is 1. The molecule has 0 aliphatic heterocycles. The Hall–Kier alpha value is -0.670. The van der Waals surface area contributed by atoms with Crippen LogP contribution in [-0.2, 0) is 10.7 Å². The summed E-state index contributed by atoms with van der Waals surface area (Å²) in [7, 11) is -0.171. The SMILES string of the molecule is CS(C)=NC(=O)c1ccccc1.Cl. The highest BCUT2D eigenvalue weighted by Gasteiger charge is 2.00. The van der Waals surface area contributed by atoms with Crippen LogP contribution in [0.25, 0.3) is 0 Å². The van der Waals surface area contributed by atoms with Gasteiger partial charge < -0.3 is 0 Å². The highest BCUT2D eigenvalue weighted by Crippen LogP contribution is 2.00. The molecular weight excluding hydrogens is 206 g/mol. The van der Waals surface area contributed by atoms with E-state index >= 15 is 0 Å². The van der Waals surface area contributed by atoms with Crippen molar-refractivity contribution in [3.63, 3.8) is 0 Å². The lowest BCUT2D eigenvalue weighted by molar-refractivity contribution is 0.101. The molecule has 0 radical (unpaired) electrons. The molecule has 0 atom stereocenters. The highest BCUT2D eigenvalue weighted by molar-refractivity contribution is 7.86. The summed E-state index contributed by atoms with van der Waals surface area (Å²) in [5.74, 6) is -0.121. The van der Waals surface area contributed by atoms with E-state index in [2.05, 4.69) is 4.36 Å². The van der Waals surface area contributed by atoms with Crippen molar-refractivity contribution in [3.8, 4) is 0 Å². The first-order valence-corrected chi connectivity index (χ1v) is 5.59. The van der Waals surface area contributed by atoms with Crippen LogP contribution in [0.15, 0.2) is 34.7 Å². The summed E-state index contributed by atoms with van der Waals surface area (Å²) in [5, 5.41) is 0. The molecule has 0 saturated carbocycles. The lowest BCUT2D eigenvalue weighted by Crippen LogP contribution is -1.95. The zero-order valence-electron chi connectivity index (χ0n) is 7.56. The molecule has 0 saturated heterocycles. The van der Waals surface area contributed by atoms with Crippen LogP contribution in [0.1, 0.15) is 10.4 Å². The van der Waals surface area contributed by atoms with E-state index in [0.717, 1.165) is 0 Å². The van der Waals surface area contributed by atoms with E-state index in [-0.39, 0.29) is 29.0 Å². The van der Waals surface area contributed by atoms with Crippen molar-refractivity contribution in [1.82, 2.24) is 0 Å². The standard InChI is InChI=1S/C9H11NOS.ClH/c1-12(2)10-9(11)8-6-4-3-5-7-8;/h3-7H,1-2H3;1H. The largest absolute Gasteiger partial charge is 0.282 e. The van der Waals surface area contributed by atoms with Crippen LogP contribution in [0.5, 0.6) is 0 Å². The van der Waals surface area contributed by atoms with E-state index < -0.39 is 0 Å². The van der Waals surface area contributed by atoms with Crippen molar-refractivity contribution >= 4 is 29.0 Å². The van der Waals surface area contributed by atoms with Gasteiger partial charge >= 0.3 is 0 Å². The quantitative estimate of drug-likeness (QED) is 0.710. The minimum Gasteiger partial charge on any atom is -0.266 e. The molecule has 1 aromatic carbocycles. The molecule has 13 heavy (non-hydrogen) atoms. The van der Waals surface area contributed by atoms with Gasteiger partial charge in [-0.05, 0) is 24.6 Å². The van der Waals surface area contributed by atoms with Gasteiger partial charge in [0.25, 0.3) is 5.91 Å². The van der Waals surface area contributed by atoms with Crippen LogP contribution in [0.4, 0.5) is 0 Å². The second kappa shape index (κ2) is 5.89. The second-order valence-electron chi connectivity index (χ2n) is 2.54. The molecule has 2 nitrogen and oxygen atoms in total. The van der Waals surface area contributed by atoms with Gasteiger partial charge in [0.1, 0.15) is 0 Å². The fourth-order valence-corrected chi connectivity index (χ4v) is 1.24. The Kier molecular flexibility index (Phi) is 5.58. The van der Waals surface area contributed by atoms with E-state index in [1.54, 1.807) is 12.1 Å². The lowest BCUT2D eigenvalue weighted by atomic mass is 10.2. The van der Waals surface area contributed by atoms with Crippen LogP contribution in [0, 0.1) is 0 Å². The molecule has 1 rings (SSSR count). The third-order valence-electron chi connectivity index (χ3n) is 1.29. The van der Waals surface area contributed by atoms with Crippen LogP contribution in [-0.4, -0.2) is 18.4 Å². The molecule has 0 bridgehead atoms. The van der Waals surface area contributed by atoms with E-state index in [9.17, 15) is 4.79 Å². The highest BCUT2D eigenvalue weighted by atomic mass is 35.5. The first kappa shape index (κ1) is 12.3. The summed E-state index contributed by atoms with van der Waals surface area (Å²) in [6.07, 6.45) is 3.84. The zero-order chi connectivity index (χ0) is 8.97. The Morgan fingerprint density at radius 3 is 2.23 bits per heavy atom. The van der Waals surface area contributed by atoms with E-state index in [4.69, 9.17) is 0 Å². The van der Waals surface area contributed by atoms with Gasteiger partial charge in [-0.1, -0.05) is 28.9 Å². The third-order valence-corrected chi connectivity index (χ3v) is 1.82. The fourth-order valence-electron chi connectivity index (χ4n) is 0.799. The van der Waals surface area contributed by atoms with Crippen molar-refractivity contribution in [2.24, 2.45) is 4.36 Å². The van der Waals surface area contributed by atoms with Crippen LogP contribution < -0.4 is 0 Å². The Bertz CT molecular complexity index is 307. The number of rotatable bonds is 1. The molecule has 0 aliphatic rings. The summed E-state index contributed by atoms with van der Waals surface area (Å²) in [6, 6.07) is 9.12. The molecular formula is C9H12ClNOS. The number of carbonyl (C=O) groups is 1. The predicted molar refractivity (Wildman–Crippen MR) is 59.7 cm³/mol. The van der Waals surface area contributed by atoms with Gasteiger partial charge in [0, 0.05) is 5.56 Å². The van der Waals surface area contributed by atoms with Gasteiger partial charge in [-0.15, -0.1) is 12.4 Å². The van der Waals surface area contributed by atoms with Crippen molar-refractivity contribution in [2.75, 3.05) is 12.5 Å². The molecule has 0 heterocycles. The minimum absolute atomic E-state index is 0. The van der Waals surface area contributed by atoms with Crippen LogP contribution in [0.2, 0.25) is 0 Å². The number of nitrogens with zero attached hydrogens (tertiary/aromatic N) is 1. The monoisotopic (exact) mass is 217 g/mol. The summed E-state index contributed by atoms with van der Waals surface area (Å²) >= 11 is 0. The Morgan fingerprint density at radius 2 is 1.77 bits per heavy atom. The van der Waals surface area contributed by atoms with E-state index in [1.807, 2.05) is 30.7 Å². The minimum atomic E-state index is -0.171. The molecule has 72 valence electrons. The average molecular weight is 218 g/mol. The van der Waals surface area contributed by atoms with Crippen LogP contribution >= 0.6 is 12.4 Å². The van der Waals surface area contributed by atoms with Crippen molar-refractivity contribution in [3.05, 3.63) is 35.9 Å². The molecule has 0 aliphatic carbocycles. The van der Waals surface area contributed by atoms with Gasteiger partial charge in [0.2, 0.25) is 0 Å². The number of hydrogen-bond donors (Lipinski definition) is 0. The molecule has 0 aromatic heterocycles. The molecule has 1 amide bonds. The Balaban J connectivity index is 0.00000144. The maximum atomic E-state index is 11.3. The number of benzene rings is 1. The summed E-state index contributed by atoms with van der Waals surface area (Å²) in [6.45, 7) is 0. The van der Waals surface area contributed by atoms with Gasteiger partial charge in [0.15, 0.2) is 0 Å². The predicted octanol–water partition coefficient (Wildman–Crippen LogP) is 2.31. The van der Waals surface area contributed by atoms with Crippen LogP contribution in [0.3, 0.4) is 0 Å². The topological polar surface area (TPSA) is 29.4 Å². The van der Waals surface area contributed by atoms with Gasteiger partial charge in [-0.2, -0.15) is 4.36 Å². The fraction of sp³-hybridized carbons (Fsp3) is 0.222.